The van der Waals surface area contributed by atoms with E-state index in [1.165, 1.54) is 0 Å². The van der Waals surface area contributed by atoms with Crippen LogP contribution in [0.15, 0.2) is 84.8 Å². The van der Waals surface area contributed by atoms with E-state index in [-0.39, 0.29) is 37.2 Å². The second-order valence-electron chi connectivity index (χ2n) is 7.90. The summed E-state index contributed by atoms with van der Waals surface area (Å²) >= 11 is 1.59. The Morgan fingerprint density at radius 3 is 2.29 bits per heavy atom. The molecule has 0 saturated carbocycles. The van der Waals surface area contributed by atoms with Gasteiger partial charge in [0.15, 0.2) is 11.5 Å². The molecular formula is C27H24Cl3N5O2S. The molecule has 2 aromatic carbocycles. The fourth-order valence-electron chi connectivity index (χ4n) is 4.32. The monoisotopic (exact) mass is 587 g/mol. The molecule has 0 bridgehead atoms. The molecule has 0 saturated heterocycles. The van der Waals surface area contributed by atoms with E-state index in [0.29, 0.717) is 11.5 Å². The molecule has 0 aliphatic heterocycles. The summed E-state index contributed by atoms with van der Waals surface area (Å²) in [5.41, 5.74) is 7.92. The van der Waals surface area contributed by atoms with Crippen LogP contribution in [0.3, 0.4) is 0 Å². The molecule has 4 heterocycles. The summed E-state index contributed by atoms with van der Waals surface area (Å²) in [4.78, 5) is 9.00. The Morgan fingerprint density at radius 1 is 0.789 bits per heavy atom. The first-order chi connectivity index (χ1) is 17.3. The molecule has 38 heavy (non-hydrogen) atoms. The Kier molecular flexibility index (Phi) is 9.40. The third-order valence-electron chi connectivity index (χ3n) is 6.00. The quantitative estimate of drug-likeness (QED) is 0.218. The van der Waals surface area contributed by atoms with Gasteiger partial charge < -0.3 is 9.47 Å². The lowest BCUT2D eigenvalue weighted by Crippen LogP contribution is -1.93. The smallest absolute Gasteiger partial charge is 0.161 e. The number of imidazole rings is 1. The van der Waals surface area contributed by atoms with Gasteiger partial charge in [-0.1, -0.05) is 30.3 Å². The number of nitrogens with one attached hydrogen (secondary N) is 1. The van der Waals surface area contributed by atoms with E-state index < -0.39 is 0 Å². The Hall–Kier alpha value is -3.56. The number of hydrogen-bond acceptors (Lipinski definition) is 6. The van der Waals surface area contributed by atoms with Gasteiger partial charge in [0, 0.05) is 34.5 Å². The summed E-state index contributed by atoms with van der Waals surface area (Å²) in [6.45, 7) is 0. The first kappa shape index (κ1) is 29.0. The van der Waals surface area contributed by atoms with Gasteiger partial charge >= 0.3 is 0 Å². The number of thiazole rings is 1. The summed E-state index contributed by atoms with van der Waals surface area (Å²) in [7, 11) is 3.28. The van der Waals surface area contributed by atoms with Gasteiger partial charge in [0.25, 0.3) is 0 Å². The minimum absolute atomic E-state index is 0. The fraction of sp³-hybridized carbons (Fsp3) is 0.0741. The number of fused-ring (bicyclic) bond motifs is 1. The molecule has 6 rings (SSSR count). The number of methoxy groups -OCH3 is 2. The number of ether oxygens (including phenoxy) is 2. The van der Waals surface area contributed by atoms with Crippen molar-refractivity contribution in [1.29, 1.82) is 0 Å². The molecule has 0 amide bonds. The van der Waals surface area contributed by atoms with Gasteiger partial charge in [0.05, 0.1) is 32.3 Å². The van der Waals surface area contributed by atoms with Crippen LogP contribution < -0.4 is 9.47 Å². The molecule has 0 radical (unpaired) electrons. The molecular weight excluding hydrogens is 565 g/mol. The fourth-order valence-corrected chi connectivity index (χ4v) is 4.96. The zero-order valence-corrected chi connectivity index (χ0v) is 23.6. The van der Waals surface area contributed by atoms with Gasteiger partial charge in [-0.2, -0.15) is 5.10 Å². The van der Waals surface area contributed by atoms with E-state index >= 15 is 0 Å². The first-order valence-corrected chi connectivity index (χ1v) is 11.9. The van der Waals surface area contributed by atoms with Crippen LogP contribution in [0.5, 0.6) is 11.5 Å². The summed E-state index contributed by atoms with van der Waals surface area (Å²) in [5.74, 6) is 1.38. The molecule has 0 unspecified atom stereocenters. The van der Waals surface area contributed by atoms with Crippen molar-refractivity contribution in [3.63, 3.8) is 0 Å². The average Bonchev–Trinajstić information content (AvgIpc) is 3.68. The molecule has 7 nitrogen and oxygen atoms in total. The lowest BCUT2D eigenvalue weighted by Gasteiger charge is -2.13. The number of aromatic nitrogens is 5. The molecule has 0 aliphatic carbocycles. The molecule has 1 N–H and O–H groups in total. The first-order valence-electron chi connectivity index (χ1n) is 11.0. The summed E-state index contributed by atoms with van der Waals surface area (Å²) in [6, 6.07) is 18.3. The van der Waals surface area contributed by atoms with Gasteiger partial charge in [-0.15, -0.1) is 48.6 Å². The van der Waals surface area contributed by atoms with E-state index in [1.54, 1.807) is 25.6 Å². The van der Waals surface area contributed by atoms with Crippen LogP contribution in [0.1, 0.15) is 0 Å². The van der Waals surface area contributed by atoms with E-state index in [9.17, 15) is 0 Å². The Balaban J connectivity index is 0.00000133. The van der Waals surface area contributed by atoms with Crippen LogP contribution in [-0.2, 0) is 0 Å². The van der Waals surface area contributed by atoms with Crippen molar-refractivity contribution < 1.29 is 9.47 Å². The van der Waals surface area contributed by atoms with Crippen molar-refractivity contribution in [1.82, 2.24) is 24.6 Å². The summed E-state index contributed by atoms with van der Waals surface area (Å²) in [5, 5.41) is 10.5. The summed E-state index contributed by atoms with van der Waals surface area (Å²) < 4.78 is 13.0. The zero-order valence-electron chi connectivity index (χ0n) is 20.3. The SMILES string of the molecule is COc1ccc(-c2ccccc2-c2[nH]ncc2-c2ccc3ncc(-c4nccs4)n3c2)cc1OC.Cl.Cl.Cl. The predicted octanol–water partition coefficient (Wildman–Crippen LogP) is 7.46. The standard InChI is InChI=1S/C27H21N5O2S.3ClH/c1-33-23-9-7-17(13-24(23)34-2)19-5-3-4-6-20(19)26-21(14-30-31-26)18-8-10-25-29-15-22(32(25)16-18)27-28-11-12-35-27;;;/h3-16H,1-2H3,(H,30,31);3*1H. The molecule has 196 valence electrons. The maximum atomic E-state index is 5.54. The minimum Gasteiger partial charge on any atom is -0.493 e. The average molecular weight is 589 g/mol. The van der Waals surface area contributed by atoms with E-state index in [2.05, 4.69) is 49.0 Å². The van der Waals surface area contributed by atoms with Crippen molar-refractivity contribution in [3.8, 4) is 55.7 Å². The predicted molar refractivity (Wildman–Crippen MR) is 160 cm³/mol. The number of H-pyrrole nitrogens is 1. The lowest BCUT2D eigenvalue weighted by molar-refractivity contribution is 0.355. The van der Waals surface area contributed by atoms with E-state index in [1.807, 2.05) is 60.4 Å². The van der Waals surface area contributed by atoms with Crippen LogP contribution in [0, 0.1) is 0 Å². The highest BCUT2D eigenvalue weighted by atomic mass is 35.5. The highest BCUT2D eigenvalue weighted by Gasteiger charge is 2.17. The third kappa shape index (κ3) is 5.08. The van der Waals surface area contributed by atoms with Crippen molar-refractivity contribution in [2.24, 2.45) is 0 Å². The van der Waals surface area contributed by atoms with Crippen LogP contribution >= 0.6 is 48.6 Å². The molecule has 0 aliphatic rings. The molecule has 0 spiro atoms. The highest BCUT2D eigenvalue weighted by Crippen LogP contribution is 2.39. The zero-order chi connectivity index (χ0) is 23.8. The van der Waals surface area contributed by atoms with Crippen molar-refractivity contribution in [3.05, 3.63) is 84.8 Å². The molecule has 11 heteroatoms. The molecule has 6 aromatic rings. The Morgan fingerprint density at radius 2 is 1.55 bits per heavy atom. The number of aromatic amines is 1. The van der Waals surface area contributed by atoms with Gasteiger partial charge in [-0.05, 0) is 35.4 Å². The molecule has 0 atom stereocenters. The van der Waals surface area contributed by atoms with Crippen molar-refractivity contribution >= 4 is 54.2 Å². The number of pyridine rings is 1. The van der Waals surface area contributed by atoms with Gasteiger partial charge in [0.2, 0.25) is 0 Å². The van der Waals surface area contributed by atoms with Gasteiger partial charge in [-0.25, -0.2) is 9.97 Å². The van der Waals surface area contributed by atoms with E-state index in [0.717, 1.165) is 49.9 Å². The second kappa shape index (κ2) is 12.3. The van der Waals surface area contributed by atoms with Crippen LogP contribution in [-0.4, -0.2) is 38.8 Å². The van der Waals surface area contributed by atoms with E-state index in [4.69, 9.17) is 9.47 Å². The second-order valence-corrected chi connectivity index (χ2v) is 8.80. The van der Waals surface area contributed by atoms with Crippen molar-refractivity contribution in [2.45, 2.75) is 0 Å². The van der Waals surface area contributed by atoms with Crippen LogP contribution in [0.2, 0.25) is 0 Å². The molecule has 0 fully saturated rings. The number of hydrogen-bond donors (Lipinski definition) is 1. The van der Waals surface area contributed by atoms with Gasteiger partial charge in [-0.3, -0.25) is 9.50 Å². The number of benzene rings is 2. The summed E-state index contributed by atoms with van der Waals surface area (Å²) in [6.07, 6.45) is 7.62. The largest absolute Gasteiger partial charge is 0.493 e. The Labute approximate surface area is 242 Å². The maximum absolute atomic E-state index is 5.54. The minimum atomic E-state index is 0. The van der Waals surface area contributed by atoms with Crippen LogP contribution in [0.25, 0.3) is 49.9 Å². The number of nitrogens with zero attached hydrogens (tertiary/aromatic N) is 4. The lowest BCUT2D eigenvalue weighted by atomic mass is 9.94. The topological polar surface area (TPSA) is 77.3 Å². The highest BCUT2D eigenvalue weighted by molar-refractivity contribution is 7.13. The van der Waals surface area contributed by atoms with Gasteiger partial charge in [0.1, 0.15) is 16.3 Å². The normalized spacial score (nSPS) is 10.3. The Bertz CT molecular complexity index is 1650. The van der Waals surface area contributed by atoms with Crippen molar-refractivity contribution in [2.75, 3.05) is 14.2 Å². The van der Waals surface area contributed by atoms with Crippen LogP contribution in [0.4, 0.5) is 0 Å². The number of rotatable bonds is 6. The maximum Gasteiger partial charge on any atom is 0.161 e. The molecule has 4 aromatic heterocycles. The third-order valence-corrected chi connectivity index (χ3v) is 6.79. The number of halogens is 3.